The van der Waals surface area contributed by atoms with Crippen molar-refractivity contribution in [1.29, 1.82) is 0 Å². The van der Waals surface area contributed by atoms with Crippen LogP contribution in [0.3, 0.4) is 0 Å². The van der Waals surface area contributed by atoms with Gasteiger partial charge < -0.3 is 10.6 Å². The molecule has 0 bridgehead atoms. The van der Waals surface area contributed by atoms with E-state index in [-0.39, 0.29) is 23.9 Å². The Morgan fingerprint density at radius 2 is 1.60 bits per heavy atom. The Balaban J connectivity index is 1.41. The second kappa shape index (κ2) is 12.8. The van der Waals surface area contributed by atoms with E-state index in [0.29, 0.717) is 35.7 Å². The van der Waals surface area contributed by atoms with E-state index < -0.39 is 10.0 Å². The Morgan fingerprint density at radius 1 is 0.900 bits per heavy atom. The van der Waals surface area contributed by atoms with Gasteiger partial charge in [-0.1, -0.05) is 59.1 Å². The molecule has 210 valence electrons. The molecule has 0 aliphatic carbocycles. The normalized spacial score (nSPS) is 11.7. The molecule has 0 aliphatic heterocycles. The lowest BCUT2D eigenvalue weighted by Crippen LogP contribution is -2.41. The minimum absolute atomic E-state index is 0.101. The average molecular weight is 579 g/mol. The number of fused-ring (bicyclic) bond motifs is 1. The van der Waals surface area contributed by atoms with Gasteiger partial charge in [0.15, 0.2) is 0 Å². The summed E-state index contributed by atoms with van der Waals surface area (Å²) in [5.74, 6) is -0.345. The lowest BCUT2D eigenvalue weighted by Gasteiger charge is -2.24. The molecule has 0 atom stereocenters. The Labute approximate surface area is 241 Å². The largest absolute Gasteiger partial charge is 0.384 e. The molecule has 0 fully saturated rings. The summed E-state index contributed by atoms with van der Waals surface area (Å²) in [7, 11) is -3.93. The Kier molecular flexibility index (Phi) is 9.45. The number of hydrogen-bond acceptors (Lipinski definition) is 5. The number of carbonyl (C=O) groups is 1. The van der Waals surface area contributed by atoms with Crippen LogP contribution >= 0.6 is 11.6 Å². The molecule has 0 saturated carbocycles. The van der Waals surface area contributed by atoms with Gasteiger partial charge in [0.05, 0.1) is 17.0 Å². The van der Waals surface area contributed by atoms with Crippen molar-refractivity contribution in [2.45, 2.75) is 45.6 Å². The van der Waals surface area contributed by atoms with Crippen LogP contribution in [-0.2, 0) is 21.4 Å². The highest BCUT2D eigenvalue weighted by Gasteiger charge is 2.30. The predicted octanol–water partition coefficient (Wildman–Crippen LogP) is 5.93. The number of nitrogens with zero attached hydrogens (tertiary/aromatic N) is 2. The van der Waals surface area contributed by atoms with Crippen molar-refractivity contribution in [3.8, 4) is 0 Å². The molecule has 7 nitrogen and oxygen atoms in total. The van der Waals surface area contributed by atoms with Gasteiger partial charge in [-0.15, -0.1) is 0 Å². The molecule has 0 saturated heterocycles. The molecule has 0 radical (unpaired) electrons. The molecular weight excluding hydrogens is 544 g/mol. The summed E-state index contributed by atoms with van der Waals surface area (Å²) >= 11 is 6.08. The van der Waals surface area contributed by atoms with Crippen molar-refractivity contribution in [3.63, 3.8) is 0 Å². The summed E-state index contributed by atoms with van der Waals surface area (Å²) in [4.78, 5) is 17.6. The quantitative estimate of drug-likeness (QED) is 0.215. The van der Waals surface area contributed by atoms with E-state index in [2.05, 4.69) is 15.6 Å². The van der Waals surface area contributed by atoms with Gasteiger partial charge in [-0.05, 0) is 75.1 Å². The molecule has 0 spiro atoms. The first-order valence-electron chi connectivity index (χ1n) is 13.2. The molecule has 40 heavy (non-hydrogen) atoms. The highest BCUT2D eigenvalue weighted by Crippen LogP contribution is 2.27. The van der Waals surface area contributed by atoms with Crippen molar-refractivity contribution in [3.05, 3.63) is 99.7 Å². The molecule has 9 heteroatoms. The molecule has 1 heterocycles. The van der Waals surface area contributed by atoms with Crippen LogP contribution in [0.25, 0.3) is 10.9 Å². The fourth-order valence-corrected chi connectivity index (χ4v) is 6.82. The van der Waals surface area contributed by atoms with Crippen LogP contribution < -0.4 is 10.6 Å². The summed E-state index contributed by atoms with van der Waals surface area (Å²) in [5.41, 5.74) is 5.98. The SMILES string of the molecule is Cc1ccc(CN(CC(=O)NCCCNc2ccnc3cc(Cl)ccc23)S(=O)(=O)c2c(C)cc(C)cc2C)cc1. The van der Waals surface area contributed by atoms with Gasteiger partial charge in [-0.2, -0.15) is 4.31 Å². The van der Waals surface area contributed by atoms with Crippen molar-refractivity contribution in [2.24, 2.45) is 0 Å². The number of hydrogen-bond donors (Lipinski definition) is 2. The van der Waals surface area contributed by atoms with E-state index in [1.54, 1.807) is 20.0 Å². The maximum Gasteiger partial charge on any atom is 0.244 e. The predicted molar refractivity (Wildman–Crippen MR) is 162 cm³/mol. The maximum atomic E-state index is 13.9. The minimum atomic E-state index is -3.93. The third-order valence-corrected chi connectivity index (χ3v) is 9.03. The number of aryl methyl sites for hydroxylation is 4. The maximum absolute atomic E-state index is 13.9. The fraction of sp³-hybridized carbons (Fsp3) is 0.290. The van der Waals surface area contributed by atoms with Gasteiger partial charge in [0.25, 0.3) is 0 Å². The molecule has 0 aliphatic rings. The second-order valence-electron chi connectivity index (χ2n) is 10.1. The molecule has 1 aromatic heterocycles. The van der Waals surface area contributed by atoms with Gasteiger partial charge in [0.1, 0.15) is 0 Å². The van der Waals surface area contributed by atoms with E-state index in [4.69, 9.17) is 11.6 Å². The van der Waals surface area contributed by atoms with Crippen LogP contribution in [-0.4, -0.2) is 43.2 Å². The van der Waals surface area contributed by atoms with Crippen molar-refractivity contribution < 1.29 is 13.2 Å². The summed E-state index contributed by atoms with van der Waals surface area (Å²) in [5, 5.41) is 7.86. The molecular formula is C31H35ClN4O3S. The number of rotatable bonds is 11. The van der Waals surface area contributed by atoms with Gasteiger partial charge >= 0.3 is 0 Å². The molecule has 1 amide bonds. The zero-order valence-electron chi connectivity index (χ0n) is 23.3. The Bertz CT molecular complexity index is 1600. The lowest BCUT2D eigenvalue weighted by atomic mass is 10.1. The minimum Gasteiger partial charge on any atom is -0.384 e. The topological polar surface area (TPSA) is 91.4 Å². The van der Waals surface area contributed by atoms with E-state index in [1.807, 2.05) is 74.5 Å². The number of sulfonamides is 1. The van der Waals surface area contributed by atoms with Crippen molar-refractivity contribution in [2.75, 3.05) is 25.0 Å². The summed E-state index contributed by atoms with van der Waals surface area (Å²) in [6.07, 6.45) is 2.38. The van der Waals surface area contributed by atoms with Crippen LogP contribution in [0, 0.1) is 27.7 Å². The first kappa shape index (κ1) is 29.5. The molecule has 4 rings (SSSR count). The number of nitrogens with one attached hydrogen (secondary N) is 2. The summed E-state index contributed by atoms with van der Waals surface area (Å²) < 4.78 is 29.0. The van der Waals surface area contributed by atoms with Crippen molar-refractivity contribution in [1.82, 2.24) is 14.6 Å². The monoisotopic (exact) mass is 578 g/mol. The average Bonchev–Trinajstić information content (AvgIpc) is 2.88. The highest BCUT2D eigenvalue weighted by molar-refractivity contribution is 7.89. The third kappa shape index (κ3) is 7.18. The van der Waals surface area contributed by atoms with Gasteiger partial charge in [-0.3, -0.25) is 9.78 Å². The van der Waals surface area contributed by atoms with Crippen LogP contribution in [0.2, 0.25) is 5.02 Å². The number of benzene rings is 3. The Morgan fingerprint density at radius 3 is 2.30 bits per heavy atom. The zero-order chi connectivity index (χ0) is 28.9. The van der Waals surface area contributed by atoms with Crippen LogP contribution in [0.4, 0.5) is 5.69 Å². The van der Waals surface area contributed by atoms with E-state index >= 15 is 0 Å². The number of amides is 1. The van der Waals surface area contributed by atoms with Crippen molar-refractivity contribution >= 4 is 44.1 Å². The molecule has 2 N–H and O–H groups in total. The number of pyridine rings is 1. The first-order valence-corrected chi connectivity index (χ1v) is 15.0. The van der Waals surface area contributed by atoms with Crippen LogP contribution in [0.15, 0.2) is 71.8 Å². The number of anilines is 1. The zero-order valence-corrected chi connectivity index (χ0v) is 24.9. The van der Waals surface area contributed by atoms with Crippen LogP contribution in [0.1, 0.15) is 34.2 Å². The Hall–Kier alpha value is -3.46. The highest BCUT2D eigenvalue weighted by atomic mass is 35.5. The third-order valence-electron chi connectivity index (χ3n) is 6.70. The van der Waals surface area contributed by atoms with E-state index in [9.17, 15) is 13.2 Å². The summed E-state index contributed by atoms with van der Waals surface area (Å²) in [6, 6.07) is 18.9. The first-order chi connectivity index (χ1) is 19.0. The van der Waals surface area contributed by atoms with Gasteiger partial charge in [-0.25, -0.2) is 8.42 Å². The molecule has 4 aromatic rings. The smallest absolute Gasteiger partial charge is 0.244 e. The van der Waals surface area contributed by atoms with Gasteiger partial charge in [0.2, 0.25) is 15.9 Å². The lowest BCUT2D eigenvalue weighted by molar-refractivity contribution is -0.121. The van der Waals surface area contributed by atoms with Crippen LogP contribution in [0.5, 0.6) is 0 Å². The number of halogens is 1. The van der Waals surface area contributed by atoms with Gasteiger partial charge in [0, 0.05) is 41.9 Å². The fourth-order valence-electron chi connectivity index (χ4n) is 4.86. The summed E-state index contributed by atoms with van der Waals surface area (Å²) in [6.45, 7) is 8.36. The second-order valence-corrected chi connectivity index (χ2v) is 12.4. The van der Waals surface area contributed by atoms with E-state index in [0.717, 1.165) is 33.3 Å². The van der Waals surface area contributed by atoms with E-state index in [1.165, 1.54) is 4.31 Å². The standard InChI is InChI=1S/C31H35ClN4O3S/c1-21-6-8-25(9-7-21)19-36(40(38,39)31-23(3)16-22(2)17-24(31)4)20-30(37)35-14-5-13-33-28-12-15-34-29-18-26(32)10-11-27(28)29/h6-12,15-18H,5,13-14,19-20H2,1-4H3,(H,33,34)(H,35,37). The molecule has 0 unspecified atom stereocenters. The number of aromatic nitrogens is 1. The number of carbonyl (C=O) groups excluding carboxylic acids is 1. The molecule has 3 aromatic carbocycles.